The fraction of sp³-hybridized carbons (Fsp3) is 0.370. The average molecular weight is 624 g/mol. The van der Waals surface area contributed by atoms with E-state index in [0.29, 0.717) is 11.9 Å². The molecule has 0 radical (unpaired) electrons. The number of aromatic nitrogens is 2. The van der Waals surface area contributed by atoms with Crippen LogP contribution in [0.15, 0.2) is 76.4 Å². The summed E-state index contributed by atoms with van der Waals surface area (Å²) in [5.41, 5.74) is -1.33. The number of hydrogen-bond acceptors (Lipinski definition) is 10. The van der Waals surface area contributed by atoms with Crippen molar-refractivity contribution in [1.82, 2.24) is 14.6 Å². The Morgan fingerprint density at radius 1 is 1.21 bits per heavy atom. The Morgan fingerprint density at radius 2 is 1.90 bits per heavy atom. The molecule has 1 saturated heterocycles. The smallest absolute Gasteiger partial charge is 0.459 e. The number of rotatable bonds is 14. The zero-order valence-corrected chi connectivity index (χ0v) is 24.3. The van der Waals surface area contributed by atoms with E-state index in [9.17, 15) is 28.4 Å². The molecule has 4 rings (SSSR count). The molecule has 1 aliphatic heterocycles. The van der Waals surface area contributed by atoms with Crippen LogP contribution >= 0.6 is 19.5 Å². The van der Waals surface area contributed by atoms with Gasteiger partial charge in [-0.3, -0.25) is 23.7 Å². The van der Waals surface area contributed by atoms with Crippen LogP contribution in [0.2, 0.25) is 0 Å². The highest BCUT2D eigenvalue weighted by Crippen LogP contribution is 2.46. The van der Waals surface area contributed by atoms with Gasteiger partial charge in [0, 0.05) is 6.42 Å². The van der Waals surface area contributed by atoms with E-state index < -0.39 is 61.9 Å². The number of esters is 1. The van der Waals surface area contributed by atoms with E-state index in [4.69, 9.17) is 18.5 Å². The Labute approximate surface area is 244 Å². The molecular weight excluding hydrogens is 592 g/mol. The summed E-state index contributed by atoms with van der Waals surface area (Å²) in [6.07, 6.45) is -0.796. The van der Waals surface area contributed by atoms with Crippen molar-refractivity contribution >= 4 is 25.5 Å². The third kappa shape index (κ3) is 8.63. The Hall–Kier alpha value is -3.26. The van der Waals surface area contributed by atoms with Crippen LogP contribution in [-0.4, -0.2) is 57.5 Å². The molecule has 0 bridgehead atoms. The van der Waals surface area contributed by atoms with Gasteiger partial charge in [-0.2, -0.15) is 21.2 Å². The van der Waals surface area contributed by atoms with E-state index in [1.54, 1.807) is 42.5 Å². The lowest BCUT2D eigenvalue weighted by Crippen LogP contribution is -2.39. The first kappa shape index (κ1) is 31.7. The number of carbonyl (C=O) groups is 1. The number of hydrogen-bond donors (Lipinski definition) is 3. The van der Waals surface area contributed by atoms with Crippen molar-refractivity contribution < 1.29 is 37.4 Å². The largest absolute Gasteiger partial charge is 0.460 e. The van der Waals surface area contributed by atoms with Crippen molar-refractivity contribution in [3.05, 3.63) is 99.1 Å². The standard InChI is InChI=1S/C27H31FN3O9PS/c1-42-13-12-21(26(34)37-16-18-8-4-2-5-9-18)30-41(36,40-19-10-6-3-7-11-19)38-17-23-22(32)14-24(39-23)31-15-20(28)25(33)29-27(31)35/h2-11,15,21-24,32H,12-14,16-17H2,1H3,(H,30,36)(H,29,33,35)/t21-,22-,23+,24+,41?/m0/s1. The lowest BCUT2D eigenvalue weighted by molar-refractivity contribution is -0.147. The maximum absolute atomic E-state index is 14.0. The Kier molecular flexibility index (Phi) is 11.1. The number of nitrogens with one attached hydrogen (secondary N) is 2. The van der Waals surface area contributed by atoms with Crippen LogP contribution < -0.4 is 20.9 Å². The van der Waals surface area contributed by atoms with Gasteiger partial charge in [-0.25, -0.2) is 9.36 Å². The minimum Gasteiger partial charge on any atom is -0.460 e. The predicted molar refractivity (Wildman–Crippen MR) is 153 cm³/mol. The fourth-order valence-electron chi connectivity index (χ4n) is 4.08. The van der Waals surface area contributed by atoms with E-state index in [-0.39, 0.29) is 25.2 Å². The molecule has 1 aromatic heterocycles. The third-order valence-corrected chi connectivity index (χ3v) is 8.46. The maximum atomic E-state index is 14.0. The van der Waals surface area contributed by atoms with Crippen molar-refractivity contribution in [2.75, 3.05) is 18.6 Å². The molecule has 5 atom stereocenters. The lowest BCUT2D eigenvalue weighted by Gasteiger charge is -2.26. The number of nitrogens with zero attached hydrogens (tertiary/aromatic N) is 1. The Balaban J connectivity index is 1.49. The Morgan fingerprint density at radius 3 is 2.60 bits per heavy atom. The van der Waals surface area contributed by atoms with Crippen molar-refractivity contribution in [1.29, 1.82) is 0 Å². The summed E-state index contributed by atoms with van der Waals surface area (Å²) in [5, 5.41) is 13.3. The zero-order chi connectivity index (χ0) is 30.1. The van der Waals surface area contributed by atoms with Gasteiger partial charge in [0.15, 0.2) is 0 Å². The minimum atomic E-state index is -4.31. The summed E-state index contributed by atoms with van der Waals surface area (Å²) in [5.74, 6) is -1.14. The van der Waals surface area contributed by atoms with Gasteiger partial charge in [-0.05, 0) is 36.1 Å². The molecule has 0 spiro atoms. The molecule has 3 N–H and O–H groups in total. The van der Waals surface area contributed by atoms with E-state index in [2.05, 4.69) is 5.09 Å². The first-order chi connectivity index (χ1) is 20.2. The maximum Gasteiger partial charge on any atom is 0.459 e. The molecule has 0 saturated carbocycles. The quantitative estimate of drug-likeness (QED) is 0.179. The Bertz CT molecular complexity index is 1490. The number of ether oxygens (including phenoxy) is 2. The van der Waals surface area contributed by atoms with E-state index in [0.717, 1.165) is 10.1 Å². The number of aromatic amines is 1. The fourth-order valence-corrected chi connectivity index (χ4v) is 6.09. The molecule has 0 aliphatic carbocycles. The van der Waals surface area contributed by atoms with Crippen LogP contribution in [0.5, 0.6) is 5.75 Å². The third-order valence-electron chi connectivity index (χ3n) is 6.25. The van der Waals surface area contributed by atoms with Gasteiger partial charge >= 0.3 is 19.4 Å². The second-order valence-electron chi connectivity index (χ2n) is 9.33. The number of aliphatic hydroxyl groups is 1. The lowest BCUT2D eigenvalue weighted by atomic mass is 10.2. The highest BCUT2D eigenvalue weighted by molar-refractivity contribution is 7.98. The topological polar surface area (TPSA) is 158 Å². The molecule has 0 amide bonds. The van der Waals surface area contributed by atoms with Gasteiger partial charge in [0.25, 0.3) is 5.56 Å². The number of aliphatic hydroxyl groups excluding tert-OH is 1. The van der Waals surface area contributed by atoms with Gasteiger partial charge in [0.2, 0.25) is 5.82 Å². The summed E-state index contributed by atoms with van der Waals surface area (Å²) < 4.78 is 51.2. The summed E-state index contributed by atoms with van der Waals surface area (Å²) >= 11 is 1.48. The van der Waals surface area contributed by atoms with Gasteiger partial charge < -0.3 is 19.1 Å². The molecule has 1 unspecified atom stereocenters. The molecule has 3 aromatic rings. The summed E-state index contributed by atoms with van der Waals surface area (Å²) in [7, 11) is -4.31. The average Bonchev–Trinajstić information content (AvgIpc) is 3.35. The van der Waals surface area contributed by atoms with Crippen molar-refractivity contribution in [3.63, 3.8) is 0 Å². The zero-order valence-electron chi connectivity index (χ0n) is 22.6. The molecule has 12 nitrogen and oxygen atoms in total. The van der Waals surface area contributed by atoms with Crippen LogP contribution in [0.25, 0.3) is 0 Å². The highest BCUT2D eigenvalue weighted by atomic mass is 32.2. The van der Waals surface area contributed by atoms with Gasteiger partial charge in [-0.15, -0.1) is 0 Å². The summed E-state index contributed by atoms with van der Waals surface area (Å²) in [6.45, 7) is -0.473. The second-order valence-corrected chi connectivity index (χ2v) is 12.0. The number of thioether (sulfide) groups is 1. The predicted octanol–water partition coefficient (Wildman–Crippen LogP) is 2.98. The van der Waals surface area contributed by atoms with Crippen LogP contribution in [0, 0.1) is 5.82 Å². The first-order valence-corrected chi connectivity index (χ1v) is 15.9. The molecule has 2 aromatic carbocycles. The summed E-state index contributed by atoms with van der Waals surface area (Å²) in [6, 6.07) is 16.2. The minimum absolute atomic E-state index is 0.00995. The van der Waals surface area contributed by atoms with Gasteiger partial charge in [0.05, 0.1) is 18.9 Å². The van der Waals surface area contributed by atoms with E-state index in [1.165, 1.54) is 11.8 Å². The molecule has 42 heavy (non-hydrogen) atoms. The van der Waals surface area contributed by atoms with Crippen LogP contribution in [-0.2, 0) is 30.0 Å². The normalized spacial score (nSPS) is 20.5. The van der Waals surface area contributed by atoms with Crippen molar-refractivity contribution in [2.24, 2.45) is 0 Å². The molecule has 226 valence electrons. The van der Waals surface area contributed by atoms with Crippen LogP contribution in [0.1, 0.15) is 24.6 Å². The van der Waals surface area contributed by atoms with E-state index in [1.807, 2.05) is 29.4 Å². The highest BCUT2D eigenvalue weighted by Gasteiger charge is 2.40. The summed E-state index contributed by atoms with van der Waals surface area (Å²) in [4.78, 5) is 38.4. The van der Waals surface area contributed by atoms with Crippen LogP contribution in [0.3, 0.4) is 0 Å². The van der Waals surface area contributed by atoms with Crippen molar-refractivity contribution in [3.8, 4) is 5.75 Å². The number of para-hydroxylation sites is 1. The molecular formula is C27H31FN3O9PS. The number of benzene rings is 2. The number of halogens is 1. The van der Waals surface area contributed by atoms with E-state index >= 15 is 0 Å². The van der Waals surface area contributed by atoms with Gasteiger partial charge in [-0.1, -0.05) is 48.5 Å². The van der Waals surface area contributed by atoms with Crippen molar-refractivity contribution in [2.45, 2.75) is 43.9 Å². The van der Waals surface area contributed by atoms with Gasteiger partial charge in [0.1, 0.15) is 30.7 Å². The SMILES string of the molecule is CSCC[C@H](NP(=O)(OC[C@H]1O[C@@H](n2cc(F)c(=O)[nH]c2=O)C[C@@H]1O)Oc1ccccc1)C(=O)OCc1ccccc1. The second kappa shape index (κ2) is 14.8. The first-order valence-electron chi connectivity index (χ1n) is 13.0. The molecule has 15 heteroatoms. The molecule has 2 heterocycles. The molecule has 1 fully saturated rings. The number of carbonyl (C=O) groups excluding carboxylic acids is 1. The monoisotopic (exact) mass is 623 g/mol. The number of H-pyrrole nitrogens is 1. The van der Waals surface area contributed by atoms with Crippen LogP contribution in [0.4, 0.5) is 4.39 Å². The molecule has 1 aliphatic rings.